The van der Waals surface area contributed by atoms with E-state index in [2.05, 4.69) is 4.90 Å². The van der Waals surface area contributed by atoms with Crippen LogP contribution >= 0.6 is 0 Å². The fourth-order valence-electron chi connectivity index (χ4n) is 8.00. The predicted molar refractivity (Wildman–Crippen MR) is 180 cm³/mol. The molecule has 0 saturated carbocycles. The molecular formula is C37H50N4O8. The predicted octanol–water partition coefficient (Wildman–Crippen LogP) is 1.94. The lowest BCUT2D eigenvalue weighted by molar-refractivity contribution is -0.164. The van der Waals surface area contributed by atoms with E-state index in [1.54, 1.807) is 27.8 Å². The van der Waals surface area contributed by atoms with Crippen molar-refractivity contribution in [2.45, 2.75) is 68.9 Å². The Balaban J connectivity index is 1.37. The number of likely N-dealkylation sites (N-methyl/N-ethyl adjacent to an activating group) is 1. The van der Waals surface area contributed by atoms with Gasteiger partial charge in [-0.1, -0.05) is 54.6 Å². The second-order valence-electron chi connectivity index (χ2n) is 13.8. The van der Waals surface area contributed by atoms with Crippen molar-refractivity contribution in [3.63, 3.8) is 0 Å². The van der Waals surface area contributed by atoms with Crippen LogP contribution in [0.5, 0.6) is 0 Å². The number of allylic oxidation sites excluding steroid dienone is 1. The van der Waals surface area contributed by atoms with E-state index in [4.69, 9.17) is 14.2 Å². The molecule has 0 radical (unpaired) electrons. The van der Waals surface area contributed by atoms with E-state index in [0.29, 0.717) is 65.1 Å². The number of hydrogen-bond donors (Lipinski definition) is 1. The molecule has 0 aliphatic carbocycles. The number of hydrogen-bond acceptors (Lipinski definition) is 9. The average molecular weight is 679 g/mol. The molecule has 49 heavy (non-hydrogen) atoms. The molecule has 5 aliphatic rings. The molecule has 1 aromatic rings. The minimum atomic E-state index is -1.31. The number of aliphatic hydroxyl groups excluding tert-OH is 1. The Bertz CT molecular complexity index is 1410. The zero-order valence-electron chi connectivity index (χ0n) is 28.7. The van der Waals surface area contributed by atoms with Gasteiger partial charge in [0.2, 0.25) is 17.7 Å². The number of ether oxygens (including phenoxy) is 3. The van der Waals surface area contributed by atoms with Gasteiger partial charge in [-0.15, -0.1) is 0 Å². The summed E-state index contributed by atoms with van der Waals surface area (Å²) in [5.74, 6) is -3.08. The molecule has 1 spiro atoms. The van der Waals surface area contributed by atoms with Gasteiger partial charge in [0, 0.05) is 59.3 Å². The largest absolute Gasteiger partial charge is 0.455 e. The van der Waals surface area contributed by atoms with E-state index in [-0.39, 0.29) is 30.7 Å². The number of nitrogens with zero attached hydrogens (tertiary/aromatic N) is 4. The Labute approximate surface area is 288 Å². The monoisotopic (exact) mass is 678 g/mol. The highest BCUT2D eigenvalue weighted by Crippen LogP contribution is 2.56. The topological polar surface area (TPSA) is 129 Å². The van der Waals surface area contributed by atoms with Crippen LogP contribution < -0.4 is 0 Å². The highest BCUT2D eigenvalue weighted by molar-refractivity contribution is 5.99. The molecule has 0 unspecified atom stereocenters. The van der Waals surface area contributed by atoms with Crippen LogP contribution in [0.25, 0.3) is 0 Å². The van der Waals surface area contributed by atoms with Crippen LogP contribution in [0.4, 0.5) is 0 Å². The van der Waals surface area contributed by atoms with Gasteiger partial charge in [-0.3, -0.25) is 24.1 Å². The number of fused-ring (bicyclic) bond motifs is 2. The summed E-state index contributed by atoms with van der Waals surface area (Å²) >= 11 is 0. The number of amides is 3. The van der Waals surface area contributed by atoms with Gasteiger partial charge in [0.15, 0.2) is 0 Å². The molecule has 3 fully saturated rings. The number of morpholine rings is 1. The maximum Gasteiger partial charge on any atom is 0.313 e. The standard InChI is InChI=1S/C37H50N4O8/c1-26-32(27-12-6-3-7-13-27)48-36(46)30-28-15-16-37(49-28)31(30)34(44)41(18-10-5-11-23-42)33(37)35(45)40(20-19-39-21-24-47-25-22-39)17-9-4-8-14-29(43)38(26)2/h3-4,6-7,9,12-13,15-16,26,28,30-33,42H,5,8,10-11,14,17-25H2,1-2H3/b9-4-/t26-,28+,30-,31-,32+,33+,37-/m1/s1. The Kier molecular flexibility index (Phi) is 11.2. The lowest BCUT2D eigenvalue weighted by Gasteiger charge is -2.37. The van der Waals surface area contributed by atoms with Gasteiger partial charge >= 0.3 is 5.97 Å². The molecule has 1 N–H and O–H groups in total. The molecule has 5 aliphatic heterocycles. The highest BCUT2D eigenvalue weighted by atomic mass is 16.6. The van der Waals surface area contributed by atoms with Crippen LogP contribution in [-0.2, 0) is 33.4 Å². The first-order valence-electron chi connectivity index (χ1n) is 17.8. The summed E-state index contributed by atoms with van der Waals surface area (Å²) in [6.45, 7) is 6.44. The van der Waals surface area contributed by atoms with Crippen LogP contribution in [0.3, 0.4) is 0 Å². The third-order valence-electron chi connectivity index (χ3n) is 10.9. The Morgan fingerprint density at radius 3 is 2.47 bits per heavy atom. The van der Waals surface area contributed by atoms with Crippen molar-refractivity contribution in [2.75, 3.05) is 66.1 Å². The quantitative estimate of drug-likeness (QED) is 0.237. The summed E-state index contributed by atoms with van der Waals surface area (Å²) in [5.41, 5.74) is -0.572. The van der Waals surface area contributed by atoms with Crippen LogP contribution in [-0.4, -0.2) is 138 Å². The number of carbonyl (C=O) groups is 4. The third-order valence-corrected chi connectivity index (χ3v) is 10.9. The number of cyclic esters (lactones) is 1. The second-order valence-corrected chi connectivity index (χ2v) is 13.8. The van der Waals surface area contributed by atoms with Crippen LogP contribution in [0.1, 0.15) is 50.7 Å². The van der Waals surface area contributed by atoms with E-state index >= 15 is 0 Å². The molecular weight excluding hydrogens is 628 g/mol. The fourth-order valence-corrected chi connectivity index (χ4v) is 8.00. The smallest absolute Gasteiger partial charge is 0.313 e. The Morgan fingerprint density at radius 1 is 0.939 bits per heavy atom. The fraction of sp³-hybridized carbons (Fsp3) is 0.622. The van der Waals surface area contributed by atoms with Gasteiger partial charge in [0.25, 0.3) is 0 Å². The summed E-state index contributed by atoms with van der Waals surface area (Å²) in [7, 11) is 1.72. The van der Waals surface area contributed by atoms with Crippen LogP contribution in [0, 0.1) is 11.8 Å². The van der Waals surface area contributed by atoms with E-state index in [1.165, 1.54) is 0 Å². The number of esters is 1. The van der Waals surface area contributed by atoms with Crippen molar-refractivity contribution in [1.82, 2.24) is 19.6 Å². The molecule has 3 amide bonds. The van der Waals surface area contributed by atoms with Crippen molar-refractivity contribution in [2.24, 2.45) is 11.8 Å². The molecule has 12 heteroatoms. The molecule has 0 aromatic heterocycles. The third kappa shape index (κ3) is 7.06. The van der Waals surface area contributed by atoms with Gasteiger partial charge in [-0.2, -0.15) is 0 Å². The molecule has 266 valence electrons. The second kappa shape index (κ2) is 15.5. The zero-order chi connectivity index (χ0) is 34.5. The lowest BCUT2D eigenvalue weighted by Crippen LogP contribution is -2.57. The van der Waals surface area contributed by atoms with Crippen molar-refractivity contribution < 1.29 is 38.5 Å². The van der Waals surface area contributed by atoms with Gasteiger partial charge in [0.05, 0.1) is 31.3 Å². The maximum absolute atomic E-state index is 14.8. The lowest BCUT2D eigenvalue weighted by atomic mass is 9.74. The maximum atomic E-state index is 14.8. The van der Waals surface area contributed by atoms with Crippen LogP contribution in [0.15, 0.2) is 54.6 Å². The number of carbonyl (C=O) groups excluding carboxylic acids is 4. The first-order chi connectivity index (χ1) is 23.8. The van der Waals surface area contributed by atoms with Gasteiger partial charge in [-0.05, 0) is 38.2 Å². The van der Waals surface area contributed by atoms with Crippen molar-refractivity contribution in [1.29, 1.82) is 0 Å². The molecule has 3 saturated heterocycles. The van der Waals surface area contributed by atoms with Crippen molar-refractivity contribution in [3.8, 4) is 0 Å². The summed E-state index contributed by atoms with van der Waals surface area (Å²) < 4.78 is 18.4. The Morgan fingerprint density at radius 2 is 1.71 bits per heavy atom. The van der Waals surface area contributed by atoms with E-state index in [0.717, 1.165) is 18.7 Å². The first kappa shape index (κ1) is 35.3. The van der Waals surface area contributed by atoms with Gasteiger partial charge in [-0.25, -0.2) is 0 Å². The number of aliphatic hydroxyl groups is 1. The van der Waals surface area contributed by atoms with E-state index < -0.39 is 47.7 Å². The summed E-state index contributed by atoms with van der Waals surface area (Å²) in [4.78, 5) is 64.3. The SMILES string of the molecule is C[C@@H]1[C@@H](c2ccccc2)OC(=O)[C@@H]2[C@@H]3C=C[C@]4(O3)[C@H](C(=O)N(CCN3CCOCC3)C/C=C\CCC(=O)N1C)N(CCCCCO)C(=O)[C@@H]24. The number of benzene rings is 1. The highest BCUT2D eigenvalue weighted by Gasteiger charge is 2.73. The number of unbranched alkanes of at least 4 members (excludes halogenated alkanes) is 2. The molecule has 12 nitrogen and oxygen atoms in total. The molecule has 1 aromatic carbocycles. The zero-order valence-corrected chi connectivity index (χ0v) is 28.7. The van der Waals surface area contributed by atoms with E-state index in [1.807, 2.05) is 55.5 Å². The number of rotatable bonds is 9. The van der Waals surface area contributed by atoms with Crippen molar-refractivity contribution >= 4 is 23.7 Å². The normalized spacial score (nSPS) is 33.3. The molecule has 5 heterocycles. The van der Waals surface area contributed by atoms with Crippen molar-refractivity contribution in [3.05, 3.63) is 60.2 Å². The van der Waals surface area contributed by atoms with Gasteiger partial charge < -0.3 is 34.0 Å². The minimum Gasteiger partial charge on any atom is -0.455 e. The first-order valence-corrected chi connectivity index (χ1v) is 17.8. The van der Waals surface area contributed by atoms with Gasteiger partial charge in [0.1, 0.15) is 23.7 Å². The summed E-state index contributed by atoms with van der Waals surface area (Å²) in [6, 6.07) is 7.89. The molecule has 6 rings (SSSR count). The van der Waals surface area contributed by atoms with E-state index in [9.17, 15) is 24.3 Å². The summed E-state index contributed by atoms with van der Waals surface area (Å²) in [6.07, 6.45) is 8.61. The molecule has 5 bridgehead atoms. The average Bonchev–Trinajstić information content (AvgIpc) is 3.76. The minimum absolute atomic E-state index is 0.0494. The summed E-state index contributed by atoms with van der Waals surface area (Å²) in [5, 5.41) is 9.39. The number of likely N-dealkylation sites (tertiary alicyclic amines) is 1. The van der Waals surface area contributed by atoms with Crippen LogP contribution in [0.2, 0.25) is 0 Å². The molecule has 7 atom stereocenters. The Hall–Kier alpha value is -3.58.